The average molecular weight is 245 g/mol. The van der Waals surface area contributed by atoms with Gasteiger partial charge in [-0.1, -0.05) is 6.07 Å². The van der Waals surface area contributed by atoms with Crippen LogP contribution in [0.25, 0.3) is 0 Å². The number of hydrogen-bond donors (Lipinski definition) is 1. The summed E-state index contributed by atoms with van der Waals surface area (Å²) in [5, 5.41) is 3.30. The highest BCUT2D eigenvalue weighted by atomic mass is 35.5. The number of benzene rings is 1. The standard InChI is InChI=1S/C12H17FN2.ClH/c1-9-3-4-11(13)12(7-9)15-6-5-14-8-10(15)2;/h3-4,7,10,14H,5-6,8H2,1-2H3;1H. The van der Waals surface area contributed by atoms with E-state index < -0.39 is 0 Å². The lowest BCUT2D eigenvalue weighted by molar-refractivity contribution is 0.491. The summed E-state index contributed by atoms with van der Waals surface area (Å²) in [6.07, 6.45) is 0. The third-order valence-corrected chi connectivity index (χ3v) is 2.91. The van der Waals surface area contributed by atoms with Crippen molar-refractivity contribution in [3.8, 4) is 0 Å². The Morgan fingerprint density at radius 1 is 1.44 bits per heavy atom. The van der Waals surface area contributed by atoms with E-state index in [2.05, 4.69) is 17.1 Å². The molecule has 1 saturated heterocycles. The topological polar surface area (TPSA) is 15.3 Å². The fraction of sp³-hybridized carbons (Fsp3) is 0.500. The van der Waals surface area contributed by atoms with Gasteiger partial charge in [-0.3, -0.25) is 0 Å². The van der Waals surface area contributed by atoms with Gasteiger partial charge in [0.15, 0.2) is 0 Å². The van der Waals surface area contributed by atoms with Crippen molar-refractivity contribution in [2.75, 3.05) is 24.5 Å². The van der Waals surface area contributed by atoms with Crippen LogP contribution >= 0.6 is 12.4 Å². The Labute approximate surface area is 102 Å². The number of nitrogens with zero attached hydrogens (tertiary/aromatic N) is 1. The number of aryl methyl sites for hydroxylation is 1. The van der Waals surface area contributed by atoms with Crippen LogP contribution in [0.3, 0.4) is 0 Å². The fourth-order valence-electron chi connectivity index (χ4n) is 2.04. The van der Waals surface area contributed by atoms with Gasteiger partial charge in [0.25, 0.3) is 0 Å². The van der Waals surface area contributed by atoms with Gasteiger partial charge in [-0.15, -0.1) is 12.4 Å². The quantitative estimate of drug-likeness (QED) is 0.816. The number of nitrogens with one attached hydrogen (secondary N) is 1. The first kappa shape index (κ1) is 13.3. The molecule has 1 atom stereocenters. The van der Waals surface area contributed by atoms with Crippen molar-refractivity contribution in [2.24, 2.45) is 0 Å². The van der Waals surface area contributed by atoms with Gasteiger partial charge >= 0.3 is 0 Å². The number of rotatable bonds is 1. The molecule has 4 heteroatoms. The molecule has 2 nitrogen and oxygen atoms in total. The van der Waals surface area contributed by atoms with E-state index in [0.717, 1.165) is 30.9 Å². The summed E-state index contributed by atoms with van der Waals surface area (Å²) in [5.74, 6) is -0.116. The molecule has 0 radical (unpaired) electrons. The predicted molar refractivity (Wildman–Crippen MR) is 68.1 cm³/mol. The van der Waals surface area contributed by atoms with Crippen molar-refractivity contribution < 1.29 is 4.39 Å². The highest BCUT2D eigenvalue weighted by Crippen LogP contribution is 2.23. The first-order valence-electron chi connectivity index (χ1n) is 5.42. The molecule has 1 fully saturated rings. The predicted octanol–water partition coefficient (Wildman–Crippen LogP) is 2.35. The molecular formula is C12H18ClFN2. The molecule has 90 valence electrons. The molecular weight excluding hydrogens is 227 g/mol. The van der Waals surface area contributed by atoms with E-state index in [1.165, 1.54) is 0 Å². The summed E-state index contributed by atoms with van der Waals surface area (Å²) in [6.45, 7) is 6.84. The normalized spacial score (nSPS) is 20.4. The van der Waals surface area contributed by atoms with Crippen molar-refractivity contribution >= 4 is 18.1 Å². The van der Waals surface area contributed by atoms with Gasteiger partial charge in [-0.05, 0) is 31.5 Å². The van der Waals surface area contributed by atoms with Crippen LogP contribution in [0.4, 0.5) is 10.1 Å². The molecule has 1 N–H and O–H groups in total. The molecule has 1 aromatic carbocycles. The summed E-state index contributed by atoms with van der Waals surface area (Å²) in [6, 6.07) is 5.65. The molecule has 1 unspecified atom stereocenters. The summed E-state index contributed by atoms with van der Waals surface area (Å²) in [7, 11) is 0. The van der Waals surface area contributed by atoms with E-state index in [4.69, 9.17) is 0 Å². The SMILES string of the molecule is Cc1ccc(F)c(N2CCNCC2C)c1.Cl. The van der Waals surface area contributed by atoms with Crippen LogP contribution in [-0.2, 0) is 0 Å². The van der Waals surface area contributed by atoms with Gasteiger partial charge in [-0.2, -0.15) is 0 Å². The summed E-state index contributed by atoms with van der Waals surface area (Å²) in [5.41, 5.74) is 1.85. The molecule has 0 saturated carbocycles. The van der Waals surface area contributed by atoms with Gasteiger partial charge in [0.2, 0.25) is 0 Å². The summed E-state index contributed by atoms with van der Waals surface area (Å²) in [4.78, 5) is 2.14. The Bertz CT molecular complexity index is 357. The molecule has 0 bridgehead atoms. The van der Waals surface area contributed by atoms with E-state index in [9.17, 15) is 4.39 Å². The average Bonchev–Trinajstić information content (AvgIpc) is 2.23. The molecule has 0 aromatic heterocycles. The lowest BCUT2D eigenvalue weighted by Crippen LogP contribution is -2.50. The van der Waals surface area contributed by atoms with Crippen LogP contribution in [0.2, 0.25) is 0 Å². The van der Waals surface area contributed by atoms with E-state index >= 15 is 0 Å². The van der Waals surface area contributed by atoms with Crippen LogP contribution in [0.1, 0.15) is 12.5 Å². The van der Waals surface area contributed by atoms with Crippen molar-refractivity contribution in [3.63, 3.8) is 0 Å². The first-order chi connectivity index (χ1) is 7.18. The lowest BCUT2D eigenvalue weighted by atomic mass is 10.1. The van der Waals surface area contributed by atoms with Crippen LogP contribution in [0.15, 0.2) is 18.2 Å². The third-order valence-electron chi connectivity index (χ3n) is 2.91. The van der Waals surface area contributed by atoms with Crippen LogP contribution in [-0.4, -0.2) is 25.7 Å². The smallest absolute Gasteiger partial charge is 0.146 e. The number of halogens is 2. The molecule has 1 aromatic rings. The second kappa shape index (κ2) is 5.51. The third kappa shape index (κ3) is 2.66. The van der Waals surface area contributed by atoms with E-state index in [0.29, 0.717) is 6.04 Å². The van der Waals surface area contributed by atoms with E-state index in [-0.39, 0.29) is 18.2 Å². The molecule has 0 amide bonds. The van der Waals surface area contributed by atoms with E-state index in [1.807, 2.05) is 19.1 Å². The van der Waals surface area contributed by atoms with Crippen molar-refractivity contribution in [1.29, 1.82) is 0 Å². The van der Waals surface area contributed by atoms with Gasteiger partial charge in [0.05, 0.1) is 5.69 Å². The van der Waals surface area contributed by atoms with Gasteiger partial charge in [0, 0.05) is 25.7 Å². The Morgan fingerprint density at radius 2 is 2.19 bits per heavy atom. The van der Waals surface area contributed by atoms with Crippen molar-refractivity contribution in [3.05, 3.63) is 29.6 Å². The molecule has 16 heavy (non-hydrogen) atoms. The van der Waals surface area contributed by atoms with Gasteiger partial charge in [-0.25, -0.2) is 4.39 Å². The van der Waals surface area contributed by atoms with Crippen LogP contribution in [0, 0.1) is 12.7 Å². The zero-order valence-corrected chi connectivity index (χ0v) is 10.5. The highest BCUT2D eigenvalue weighted by molar-refractivity contribution is 5.85. The first-order valence-corrected chi connectivity index (χ1v) is 5.42. The molecule has 2 rings (SSSR count). The Hall–Kier alpha value is -0.800. The van der Waals surface area contributed by atoms with Crippen molar-refractivity contribution in [2.45, 2.75) is 19.9 Å². The Morgan fingerprint density at radius 3 is 2.88 bits per heavy atom. The van der Waals surface area contributed by atoms with Crippen LogP contribution < -0.4 is 10.2 Å². The second-order valence-electron chi connectivity index (χ2n) is 4.20. The minimum atomic E-state index is -0.116. The molecule has 1 heterocycles. The van der Waals surface area contributed by atoms with Gasteiger partial charge in [0.1, 0.15) is 5.82 Å². The maximum Gasteiger partial charge on any atom is 0.146 e. The summed E-state index contributed by atoms with van der Waals surface area (Å²) >= 11 is 0. The number of anilines is 1. The molecule has 1 aliphatic rings. The van der Waals surface area contributed by atoms with Crippen molar-refractivity contribution in [1.82, 2.24) is 5.32 Å². The zero-order chi connectivity index (χ0) is 10.8. The lowest BCUT2D eigenvalue weighted by Gasteiger charge is -2.36. The minimum absolute atomic E-state index is 0. The molecule has 0 aliphatic carbocycles. The van der Waals surface area contributed by atoms with Gasteiger partial charge < -0.3 is 10.2 Å². The Kier molecular flexibility index (Phi) is 4.56. The maximum absolute atomic E-state index is 13.7. The summed E-state index contributed by atoms with van der Waals surface area (Å²) < 4.78 is 13.7. The molecule has 0 spiro atoms. The largest absolute Gasteiger partial charge is 0.364 e. The van der Waals surface area contributed by atoms with Crippen LogP contribution in [0.5, 0.6) is 0 Å². The number of hydrogen-bond acceptors (Lipinski definition) is 2. The molecule has 1 aliphatic heterocycles. The second-order valence-corrected chi connectivity index (χ2v) is 4.20. The Balaban J connectivity index is 0.00000128. The minimum Gasteiger partial charge on any atom is -0.364 e. The monoisotopic (exact) mass is 244 g/mol. The zero-order valence-electron chi connectivity index (χ0n) is 9.66. The fourth-order valence-corrected chi connectivity index (χ4v) is 2.04. The number of piperazine rings is 1. The van der Waals surface area contributed by atoms with E-state index in [1.54, 1.807) is 6.07 Å². The maximum atomic E-state index is 13.7. The highest BCUT2D eigenvalue weighted by Gasteiger charge is 2.20.